The van der Waals surface area contributed by atoms with Crippen LogP contribution in [0.5, 0.6) is 0 Å². The SMILES string of the molecule is Cc1nc(C(=O)N(CC(=O)O)CC(C)C)nn1-c1ccccc1C(C)C. The first-order valence-corrected chi connectivity index (χ1v) is 8.74. The number of amides is 1. The third-order valence-electron chi connectivity index (χ3n) is 3.95. The number of hydrogen-bond donors (Lipinski definition) is 1. The molecule has 26 heavy (non-hydrogen) atoms. The number of aromatic nitrogens is 3. The summed E-state index contributed by atoms with van der Waals surface area (Å²) in [5.74, 6) is -0.490. The van der Waals surface area contributed by atoms with Gasteiger partial charge in [0.2, 0.25) is 5.82 Å². The highest BCUT2D eigenvalue weighted by molar-refractivity contribution is 5.92. The van der Waals surface area contributed by atoms with Gasteiger partial charge in [0.1, 0.15) is 12.4 Å². The van der Waals surface area contributed by atoms with Crippen LogP contribution >= 0.6 is 0 Å². The third-order valence-corrected chi connectivity index (χ3v) is 3.95. The summed E-state index contributed by atoms with van der Waals surface area (Å²) < 4.78 is 1.65. The van der Waals surface area contributed by atoms with Crippen molar-refractivity contribution in [3.05, 3.63) is 41.5 Å². The Hall–Kier alpha value is -2.70. The molecule has 0 saturated carbocycles. The molecule has 0 saturated heterocycles. The van der Waals surface area contributed by atoms with Crippen LogP contribution in [0.4, 0.5) is 0 Å². The number of carbonyl (C=O) groups is 2. The molecule has 0 aliphatic heterocycles. The molecule has 0 spiro atoms. The van der Waals surface area contributed by atoms with E-state index in [1.165, 1.54) is 4.90 Å². The van der Waals surface area contributed by atoms with Crippen LogP contribution in [0, 0.1) is 12.8 Å². The summed E-state index contributed by atoms with van der Waals surface area (Å²) in [4.78, 5) is 29.4. The number of benzene rings is 1. The molecule has 0 bridgehead atoms. The Bertz CT molecular complexity index is 796. The third kappa shape index (κ3) is 4.47. The van der Waals surface area contributed by atoms with E-state index in [2.05, 4.69) is 23.9 Å². The summed E-state index contributed by atoms with van der Waals surface area (Å²) in [6.45, 7) is 9.79. The summed E-state index contributed by atoms with van der Waals surface area (Å²) in [6, 6.07) is 7.85. The van der Waals surface area contributed by atoms with E-state index >= 15 is 0 Å². The van der Waals surface area contributed by atoms with Crippen LogP contribution in [0.1, 0.15) is 55.6 Å². The molecular formula is C19H26N4O3. The van der Waals surface area contributed by atoms with Crippen LogP contribution in [-0.4, -0.2) is 49.7 Å². The fraction of sp³-hybridized carbons (Fsp3) is 0.474. The van der Waals surface area contributed by atoms with Crippen LogP contribution < -0.4 is 0 Å². The molecule has 0 aliphatic rings. The molecule has 2 aromatic rings. The first-order chi connectivity index (χ1) is 12.2. The first-order valence-electron chi connectivity index (χ1n) is 8.74. The summed E-state index contributed by atoms with van der Waals surface area (Å²) in [6.07, 6.45) is 0. The van der Waals surface area contributed by atoms with Gasteiger partial charge in [0.25, 0.3) is 5.91 Å². The predicted molar refractivity (Wildman–Crippen MR) is 98.6 cm³/mol. The number of nitrogens with zero attached hydrogens (tertiary/aromatic N) is 4. The number of aryl methyl sites for hydroxylation is 1. The molecule has 0 aliphatic carbocycles. The van der Waals surface area contributed by atoms with Crippen molar-refractivity contribution in [2.75, 3.05) is 13.1 Å². The molecule has 0 atom stereocenters. The zero-order valence-corrected chi connectivity index (χ0v) is 15.9. The van der Waals surface area contributed by atoms with Gasteiger partial charge in [0.15, 0.2) is 0 Å². The summed E-state index contributed by atoms with van der Waals surface area (Å²) in [5, 5.41) is 13.5. The van der Waals surface area contributed by atoms with E-state index in [0.717, 1.165) is 11.3 Å². The highest BCUT2D eigenvalue weighted by Crippen LogP contribution is 2.23. The van der Waals surface area contributed by atoms with Gasteiger partial charge in [-0.25, -0.2) is 9.67 Å². The second-order valence-electron chi connectivity index (χ2n) is 7.08. The molecule has 0 unspecified atom stereocenters. The molecule has 1 amide bonds. The van der Waals surface area contributed by atoms with Gasteiger partial charge in [-0.2, -0.15) is 0 Å². The molecule has 7 heteroatoms. The van der Waals surface area contributed by atoms with E-state index in [-0.39, 0.29) is 18.3 Å². The van der Waals surface area contributed by atoms with Crippen LogP contribution in [-0.2, 0) is 4.79 Å². The minimum atomic E-state index is -1.06. The minimum absolute atomic E-state index is 0.0166. The van der Waals surface area contributed by atoms with Gasteiger partial charge in [-0.15, -0.1) is 5.10 Å². The molecule has 1 N–H and O–H groups in total. The van der Waals surface area contributed by atoms with Crippen LogP contribution in [0.3, 0.4) is 0 Å². The monoisotopic (exact) mass is 358 g/mol. The fourth-order valence-electron chi connectivity index (χ4n) is 2.84. The lowest BCUT2D eigenvalue weighted by atomic mass is 10.0. The molecule has 1 heterocycles. The normalized spacial score (nSPS) is 11.2. The first kappa shape index (κ1) is 19.6. The number of hydrogen-bond acceptors (Lipinski definition) is 4. The maximum absolute atomic E-state index is 12.8. The lowest BCUT2D eigenvalue weighted by molar-refractivity contribution is -0.137. The average molecular weight is 358 g/mol. The second-order valence-corrected chi connectivity index (χ2v) is 7.08. The van der Waals surface area contributed by atoms with Crippen molar-refractivity contribution in [3.63, 3.8) is 0 Å². The Kier molecular flexibility index (Phi) is 6.13. The average Bonchev–Trinajstić information content (AvgIpc) is 2.94. The smallest absolute Gasteiger partial charge is 0.323 e. The van der Waals surface area contributed by atoms with Crippen LogP contribution in [0.15, 0.2) is 24.3 Å². The largest absolute Gasteiger partial charge is 0.480 e. The van der Waals surface area contributed by atoms with Crippen molar-refractivity contribution < 1.29 is 14.7 Å². The van der Waals surface area contributed by atoms with E-state index in [0.29, 0.717) is 18.3 Å². The molecule has 140 valence electrons. The van der Waals surface area contributed by atoms with Gasteiger partial charge in [-0.3, -0.25) is 9.59 Å². The maximum atomic E-state index is 12.8. The van der Waals surface area contributed by atoms with E-state index in [9.17, 15) is 9.59 Å². The highest BCUT2D eigenvalue weighted by Gasteiger charge is 2.24. The van der Waals surface area contributed by atoms with Crippen molar-refractivity contribution in [1.29, 1.82) is 0 Å². The lowest BCUT2D eigenvalue weighted by Gasteiger charge is -2.21. The van der Waals surface area contributed by atoms with Gasteiger partial charge >= 0.3 is 5.97 Å². The Morgan fingerprint density at radius 1 is 1.19 bits per heavy atom. The summed E-state index contributed by atoms with van der Waals surface area (Å²) >= 11 is 0. The van der Waals surface area contributed by atoms with E-state index in [1.54, 1.807) is 11.6 Å². The Labute approximate surface area is 153 Å². The minimum Gasteiger partial charge on any atom is -0.480 e. The predicted octanol–water partition coefficient (Wildman–Crippen LogP) is 2.88. The number of carbonyl (C=O) groups excluding carboxylic acids is 1. The standard InChI is InChI=1S/C19H26N4O3/c1-12(2)10-22(11-17(24)25)19(26)18-20-14(5)23(21-18)16-9-7-6-8-15(16)13(3)4/h6-9,12-13H,10-11H2,1-5H3,(H,24,25). The van der Waals surface area contributed by atoms with Gasteiger partial charge in [-0.1, -0.05) is 45.9 Å². The van der Waals surface area contributed by atoms with Crippen molar-refractivity contribution in [2.45, 2.75) is 40.5 Å². The van der Waals surface area contributed by atoms with Crippen molar-refractivity contribution in [1.82, 2.24) is 19.7 Å². The van der Waals surface area contributed by atoms with Crippen LogP contribution in [0.2, 0.25) is 0 Å². The van der Waals surface area contributed by atoms with E-state index in [4.69, 9.17) is 5.11 Å². The van der Waals surface area contributed by atoms with Gasteiger partial charge < -0.3 is 10.0 Å². The van der Waals surface area contributed by atoms with Crippen molar-refractivity contribution >= 4 is 11.9 Å². The Morgan fingerprint density at radius 3 is 2.42 bits per heavy atom. The zero-order chi connectivity index (χ0) is 19.4. The van der Waals surface area contributed by atoms with E-state index < -0.39 is 11.9 Å². The molecule has 1 aromatic carbocycles. The fourth-order valence-corrected chi connectivity index (χ4v) is 2.84. The van der Waals surface area contributed by atoms with Crippen molar-refractivity contribution in [2.24, 2.45) is 5.92 Å². The highest BCUT2D eigenvalue weighted by atomic mass is 16.4. The van der Waals surface area contributed by atoms with E-state index in [1.807, 2.05) is 38.1 Å². The Morgan fingerprint density at radius 2 is 1.85 bits per heavy atom. The molecule has 7 nitrogen and oxygen atoms in total. The second kappa shape index (κ2) is 8.12. The maximum Gasteiger partial charge on any atom is 0.323 e. The number of rotatable bonds is 7. The van der Waals surface area contributed by atoms with Crippen molar-refractivity contribution in [3.8, 4) is 5.69 Å². The molecule has 0 radical (unpaired) electrons. The number of carboxylic acids is 1. The van der Waals surface area contributed by atoms with Gasteiger partial charge in [0, 0.05) is 6.54 Å². The van der Waals surface area contributed by atoms with Crippen LogP contribution in [0.25, 0.3) is 5.69 Å². The topological polar surface area (TPSA) is 88.3 Å². The number of para-hydroxylation sites is 1. The Balaban J connectivity index is 2.40. The molecule has 1 aromatic heterocycles. The van der Waals surface area contributed by atoms with Gasteiger partial charge in [-0.05, 0) is 30.4 Å². The molecule has 2 rings (SSSR count). The zero-order valence-electron chi connectivity index (χ0n) is 15.9. The van der Waals surface area contributed by atoms with Gasteiger partial charge in [0.05, 0.1) is 5.69 Å². The quantitative estimate of drug-likeness (QED) is 0.822. The molecular weight excluding hydrogens is 332 g/mol. The number of carboxylic acid groups (broad SMARTS) is 1. The summed E-state index contributed by atoms with van der Waals surface area (Å²) in [5.41, 5.74) is 1.98. The summed E-state index contributed by atoms with van der Waals surface area (Å²) in [7, 11) is 0. The number of aliphatic carboxylic acids is 1. The lowest BCUT2D eigenvalue weighted by Crippen LogP contribution is -2.38. The molecule has 0 fully saturated rings.